The molecule has 6 heteroatoms. The molecule has 0 spiro atoms. The fourth-order valence-electron chi connectivity index (χ4n) is 2.37. The Labute approximate surface area is 126 Å². The van der Waals surface area contributed by atoms with Crippen molar-refractivity contribution in [3.8, 4) is 0 Å². The van der Waals surface area contributed by atoms with Crippen LogP contribution in [-0.4, -0.2) is 33.2 Å². The molecular weight excluding hydrogens is 288 g/mol. The first-order valence-corrected chi connectivity index (χ1v) is 8.97. The van der Waals surface area contributed by atoms with E-state index in [0.717, 1.165) is 24.0 Å². The van der Waals surface area contributed by atoms with Crippen molar-refractivity contribution in [3.05, 3.63) is 29.3 Å². The van der Waals surface area contributed by atoms with Crippen LogP contribution in [0, 0.1) is 13.8 Å². The van der Waals surface area contributed by atoms with Gasteiger partial charge in [-0.25, -0.2) is 8.42 Å². The minimum atomic E-state index is -3.42. The van der Waals surface area contributed by atoms with Gasteiger partial charge in [0.15, 0.2) is 0 Å². The minimum Gasteiger partial charge on any atom is -0.353 e. The molecule has 1 saturated carbocycles. The number of carbonyl (C=O) groups is 1. The number of hydrogen-bond donors (Lipinski definition) is 1. The number of nitrogens with zero attached hydrogens (tertiary/aromatic N) is 1. The van der Waals surface area contributed by atoms with Crippen LogP contribution >= 0.6 is 0 Å². The van der Waals surface area contributed by atoms with Gasteiger partial charge in [0.1, 0.15) is 0 Å². The molecule has 0 aliphatic heterocycles. The van der Waals surface area contributed by atoms with Gasteiger partial charge in [-0.15, -0.1) is 0 Å². The zero-order valence-corrected chi connectivity index (χ0v) is 13.5. The van der Waals surface area contributed by atoms with E-state index in [9.17, 15) is 13.2 Å². The van der Waals surface area contributed by atoms with Gasteiger partial charge in [-0.2, -0.15) is 0 Å². The maximum absolute atomic E-state index is 12.1. The monoisotopic (exact) mass is 310 g/mol. The second-order valence-electron chi connectivity index (χ2n) is 5.67. The Morgan fingerprint density at radius 2 is 1.86 bits per heavy atom. The quantitative estimate of drug-likeness (QED) is 0.870. The Balaban J connectivity index is 2.17. The van der Waals surface area contributed by atoms with Crippen LogP contribution in [-0.2, 0) is 14.8 Å². The van der Waals surface area contributed by atoms with Crippen LogP contribution in [0.1, 0.15) is 30.4 Å². The Bertz CT molecular complexity index is 616. The van der Waals surface area contributed by atoms with Crippen molar-refractivity contribution in [2.75, 3.05) is 17.1 Å². The standard InChI is InChI=1S/C15H22N2O3S/c1-11-5-4-6-12(2)15(11)17(21(3,19)20)10-9-14(18)16-13-7-8-13/h4-6,13H,7-10H2,1-3H3,(H,16,18). The average molecular weight is 310 g/mol. The summed E-state index contributed by atoms with van der Waals surface area (Å²) >= 11 is 0. The number of hydrogen-bond acceptors (Lipinski definition) is 3. The Morgan fingerprint density at radius 1 is 1.29 bits per heavy atom. The van der Waals surface area contributed by atoms with E-state index in [0.29, 0.717) is 11.7 Å². The van der Waals surface area contributed by atoms with Crippen LogP contribution in [0.25, 0.3) is 0 Å². The van der Waals surface area contributed by atoms with Crippen molar-refractivity contribution < 1.29 is 13.2 Å². The van der Waals surface area contributed by atoms with E-state index in [4.69, 9.17) is 0 Å². The summed E-state index contributed by atoms with van der Waals surface area (Å²) in [5, 5.41) is 2.88. The van der Waals surface area contributed by atoms with Gasteiger partial charge in [0.2, 0.25) is 15.9 Å². The molecule has 21 heavy (non-hydrogen) atoms. The Hall–Kier alpha value is -1.56. The van der Waals surface area contributed by atoms with Crippen molar-refractivity contribution in [2.24, 2.45) is 0 Å². The topological polar surface area (TPSA) is 66.5 Å². The molecule has 2 rings (SSSR count). The number of rotatable bonds is 6. The first kappa shape index (κ1) is 15.8. The summed E-state index contributed by atoms with van der Waals surface area (Å²) in [5.41, 5.74) is 2.46. The summed E-state index contributed by atoms with van der Waals surface area (Å²) < 4.78 is 25.5. The summed E-state index contributed by atoms with van der Waals surface area (Å²) in [6, 6.07) is 5.95. The van der Waals surface area contributed by atoms with Crippen LogP contribution < -0.4 is 9.62 Å². The molecule has 1 aliphatic carbocycles. The van der Waals surface area contributed by atoms with Crippen LogP contribution in [0.2, 0.25) is 0 Å². The van der Waals surface area contributed by atoms with Crippen LogP contribution in [0.3, 0.4) is 0 Å². The van der Waals surface area contributed by atoms with Crippen molar-refractivity contribution in [1.82, 2.24) is 5.32 Å². The predicted octanol–water partition coefficient (Wildman–Crippen LogP) is 1.74. The normalized spacial score (nSPS) is 14.8. The van der Waals surface area contributed by atoms with Crippen molar-refractivity contribution in [2.45, 2.75) is 39.2 Å². The molecule has 116 valence electrons. The molecule has 1 aromatic rings. The molecule has 1 aromatic carbocycles. The molecule has 0 bridgehead atoms. The van der Waals surface area contributed by atoms with E-state index in [1.165, 1.54) is 10.6 Å². The number of amides is 1. The highest BCUT2D eigenvalue weighted by Gasteiger charge is 2.25. The molecule has 1 fully saturated rings. The molecule has 1 N–H and O–H groups in total. The van der Waals surface area contributed by atoms with Gasteiger partial charge >= 0.3 is 0 Å². The first-order valence-electron chi connectivity index (χ1n) is 7.12. The zero-order valence-electron chi connectivity index (χ0n) is 12.7. The van der Waals surface area contributed by atoms with E-state index in [-0.39, 0.29) is 18.9 Å². The maximum Gasteiger partial charge on any atom is 0.232 e. The number of nitrogens with one attached hydrogen (secondary N) is 1. The van der Waals surface area contributed by atoms with Crippen molar-refractivity contribution in [3.63, 3.8) is 0 Å². The lowest BCUT2D eigenvalue weighted by Gasteiger charge is -2.25. The Morgan fingerprint density at radius 3 is 2.33 bits per heavy atom. The fraction of sp³-hybridized carbons (Fsp3) is 0.533. The summed E-state index contributed by atoms with van der Waals surface area (Å²) in [7, 11) is -3.42. The number of aryl methyl sites for hydroxylation is 2. The lowest BCUT2D eigenvalue weighted by Crippen LogP contribution is -2.36. The summed E-state index contributed by atoms with van der Waals surface area (Å²) in [4.78, 5) is 11.8. The van der Waals surface area contributed by atoms with E-state index in [1.54, 1.807) is 0 Å². The van der Waals surface area contributed by atoms with Gasteiger partial charge in [-0.1, -0.05) is 18.2 Å². The van der Waals surface area contributed by atoms with Gasteiger partial charge in [0.25, 0.3) is 0 Å². The fourth-order valence-corrected chi connectivity index (χ4v) is 3.42. The number of carbonyl (C=O) groups excluding carboxylic acids is 1. The number of benzene rings is 1. The minimum absolute atomic E-state index is 0.0858. The highest BCUT2D eigenvalue weighted by atomic mass is 32.2. The van der Waals surface area contributed by atoms with Crippen LogP contribution in [0.5, 0.6) is 0 Å². The number of anilines is 1. The second-order valence-corrected chi connectivity index (χ2v) is 7.57. The van der Waals surface area contributed by atoms with Gasteiger partial charge in [-0.3, -0.25) is 9.10 Å². The average Bonchev–Trinajstić information content (AvgIpc) is 3.15. The van der Waals surface area contributed by atoms with Gasteiger partial charge in [0, 0.05) is 19.0 Å². The highest BCUT2D eigenvalue weighted by molar-refractivity contribution is 7.92. The molecule has 1 amide bonds. The van der Waals surface area contributed by atoms with E-state index in [2.05, 4.69) is 5.32 Å². The molecule has 0 atom stereocenters. The van der Waals surface area contributed by atoms with Gasteiger partial charge in [-0.05, 0) is 37.8 Å². The van der Waals surface area contributed by atoms with E-state index < -0.39 is 10.0 Å². The molecule has 0 saturated heterocycles. The van der Waals surface area contributed by atoms with Crippen LogP contribution in [0.15, 0.2) is 18.2 Å². The maximum atomic E-state index is 12.1. The van der Waals surface area contributed by atoms with E-state index in [1.807, 2.05) is 32.0 Å². The lowest BCUT2D eigenvalue weighted by molar-refractivity contribution is -0.121. The third-order valence-corrected chi connectivity index (χ3v) is 4.74. The second kappa shape index (κ2) is 6.05. The van der Waals surface area contributed by atoms with Gasteiger partial charge in [0.05, 0.1) is 11.9 Å². The molecule has 5 nitrogen and oxygen atoms in total. The van der Waals surface area contributed by atoms with Crippen molar-refractivity contribution >= 4 is 21.6 Å². The van der Waals surface area contributed by atoms with Crippen molar-refractivity contribution in [1.29, 1.82) is 0 Å². The Kier molecular flexibility index (Phi) is 4.56. The zero-order chi connectivity index (χ0) is 15.6. The summed E-state index contributed by atoms with van der Waals surface area (Å²) in [6.07, 6.45) is 3.41. The highest BCUT2D eigenvalue weighted by Crippen LogP contribution is 2.27. The molecule has 1 aliphatic rings. The number of para-hydroxylation sites is 1. The van der Waals surface area contributed by atoms with Crippen LogP contribution in [0.4, 0.5) is 5.69 Å². The molecule has 0 unspecified atom stereocenters. The number of sulfonamides is 1. The summed E-state index contributed by atoms with van der Waals surface area (Å²) in [6.45, 7) is 3.93. The third-order valence-electron chi connectivity index (χ3n) is 3.57. The lowest BCUT2D eigenvalue weighted by atomic mass is 10.1. The molecule has 0 aromatic heterocycles. The predicted molar refractivity (Wildman–Crippen MR) is 83.9 cm³/mol. The smallest absolute Gasteiger partial charge is 0.232 e. The summed E-state index contributed by atoms with van der Waals surface area (Å²) in [5.74, 6) is -0.0858. The largest absolute Gasteiger partial charge is 0.353 e. The van der Waals surface area contributed by atoms with E-state index >= 15 is 0 Å². The van der Waals surface area contributed by atoms with Gasteiger partial charge < -0.3 is 5.32 Å². The third kappa shape index (κ3) is 4.20. The SMILES string of the molecule is Cc1cccc(C)c1N(CCC(=O)NC1CC1)S(C)(=O)=O. The first-order chi connectivity index (χ1) is 9.79. The molecule has 0 radical (unpaired) electrons. The molecule has 0 heterocycles. The molecular formula is C15H22N2O3S.